The van der Waals surface area contributed by atoms with Crippen molar-refractivity contribution in [3.63, 3.8) is 0 Å². The molecule has 5 nitrogen and oxygen atoms in total. The fourth-order valence-corrected chi connectivity index (χ4v) is 1.99. The minimum Gasteiger partial charge on any atom is -0.469 e. The summed E-state index contributed by atoms with van der Waals surface area (Å²) in [5.74, 6) is -0.289. The minimum absolute atomic E-state index is 0.115. The molecule has 2 atom stereocenters. The van der Waals surface area contributed by atoms with Crippen LogP contribution in [0, 0.1) is 11.8 Å². The third-order valence-corrected chi connectivity index (χ3v) is 2.89. The second kappa shape index (κ2) is 4.94. The Morgan fingerprint density at radius 1 is 1.29 bits per heavy atom. The van der Waals surface area contributed by atoms with Gasteiger partial charge in [-0.15, -0.1) is 0 Å². The van der Waals surface area contributed by atoms with Crippen LogP contribution in [0.3, 0.4) is 0 Å². The van der Waals surface area contributed by atoms with Crippen LogP contribution in [0.2, 0.25) is 0 Å². The molecule has 0 bridgehead atoms. The Hall–Kier alpha value is -1.26. The first-order valence-electron chi connectivity index (χ1n) is 5.89. The lowest BCUT2D eigenvalue weighted by molar-refractivity contribution is -0.145. The molecular weight excluding hydrogens is 220 g/mol. The Morgan fingerprint density at radius 3 is 2.35 bits per heavy atom. The van der Waals surface area contributed by atoms with Gasteiger partial charge >= 0.3 is 12.0 Å². The van der Waals surface area contributed by atoms with Crippen molar-refractivity contribution in [1.29, 1.82) is 0 Å². The highest BCUT2D eigenvalue weighted by molar-refractivity contribution is 5.78. The Morgan fingerprint density at radius 2 is 1.88 bits per heavy atom. The molecule has 2 amide bonds. The Kier molecular flexibility index (Phi) is 4.01. The van der Waals surface area contributed by atoms with Crippen molar-refractivity contribution >= 4 is 12.0 Å². The van der Waals surface area contributed by atoms with Crippen molar-refractivity contribution < 1.29 is 14.3 Å². The number of carbonyl (C=O) groups excluding carboxylic acids is 2. The standard InChI is InChI=1S/C12H22N2O3/c1-8-6-14(7-9(8)10(15)17-5)11(16)13-12(2,3)4/h8-9H,6-7H2,1-5H3,(H,13,16). The number of nitrogens with zero attached hydrogens (tertiary/aromatic N) is 1. The molecule has 1 fully saturated rings. The van der Waals surface area contributed by atoms with E-state index < -0.39 is 0 Å². The summed E-state index contributed by atoms with van der Waals surface area (Å²) >= 11 is 0. The molecule has 5 heteroatoms. The summed E-state index contributed by atoms with van der Waals surface area (Å²) in [6.45, 7) is 8.80. The van der Waals surface area contributed by atoms with E-state index in [4.69, 9.17) is 4.74 Å². The van der Waals surface area contributed by atoms with Crippen molar-refractivity contribution in [3.05, 3.63) is 0 Å². The molecule has 0 aromatic heterocycles. The van der Waals surface area contributed by atoms with Gasteiger partial charge in [-0.05, 0) is 26.7 Å². The van der Waals surface area contributed by atoms with Gasteiger partial charge in [-0.3, -0.25) is 4.79 Å². The van der Waals surface area contributed by atoms with Crippen LogP contribution in [0.5, 0.6) is 0 Å². The summed E-state index contributed by atoms with van der Waals surface area (Å²) in [5.41, 5.74) is -0.260. The molecule has 1 rings (SSSR count). The van der Waals surface area contributed by atoms with Gasteiger partial charge in [-0.25, -0.2) is 4.79 Å². The maximum Gasteiger partial charge on any atom is 0.317 e. The van der Waals surface area contributed by atoms with Gasteiger partial charge in [-0.2, -0.15) is 0 Å². The molecule has 17 heavy (non-hydrogen) atoms. The quantitative estimate of drug-likeness (QED) is 0.704. The molecule has 1 aliphatic heterocycles. The first kappa shape index (κ1) is 13.8. The second-order valence-electron chi connectivity index (χ2n) is 5.69. The number of amides is 2. The zero-order chi connectivity index (χ0) is 13.2. The molecule has 0 saturated carbocycles. The van der Waals surface area contributed by atoms with Crippen LogP contribution in [0.4, 0.5) is 4.79 Å². The molecule has 1 saturated heterocycles. The van der Waals surface area contributed by atoms with E-state index in [1.165, 1.54) is 7.11 Å². The molecule has 1 N–H and O–H groups in total. The lowest BCUT2D eigenvalue weighted by atomic mass is 9.99. The Labute approximate surface area is 102 Å². The molecule has 0 aromatic rings. The fraction of sp³-hybridized carbons (Fsp3) is 0.833. The molecule has 2 unspecified atom stereocenters. The molecule has 98 valence electrons. The van der Waals surface area contributed by atoms with Crippen LogP contribution >= 0.6 is 0 Å². The van der Waals surface area contributed by atoms with Gasteiger partial charge in [-0.1, -0.05) is 6.92 Å². The highest BCUT2D eigenvalue weighted by Gasteiger charge is 2.38. The van der Waals surface area contributed by atoms with Crippen molar-refractivity contribution in [1.82, 2.24) is 10.2 Å². The van der Waals surface area contributed by atoms with Crippen molar-refractivity contribution in [2.24, 2.45) is 11.8 Å². The zero-order valence-electron chi connectivity index (χ0n) is 11.2. The highest BCUT2D eigenvalue weighted by atomic mass is 16.5. The molecule has 0 aromatic carbocycles. The summed E-state index contributed by atoms with van der Waals surface area (Å²) in [7, 11) is 1.38. The molecular formula is C12H22N2O3. The maximum absolute atomic E-state index is 11.9. The smallest absolute Gasteiger partial charge is 0.317 e. The average molecular weight is 242 g/mol. The number of nitrogens with one attached hydrogen (secondary N) is 1. The fourth-order valence-electron chi connectivity index (χ4n) is 1.99. The SMILES string of the molecule is COC(=O)C1CN(C(=O)NC(C)(C)C)CC1C. The van der Waals surface area contributed by atoms with Crippen molar-refractivity contribution in [2.45, 2.75) is 33.2 Å². The van der Waals surface area contributed by atoms with Crippen LogP contribution in [0.25, 0.3) is 0 Å². The predicted octanol–water partition coefficient (Wildman–Crippen LogP) is 1.24. The number of methoxy groups -OCH3 is 1. The molecule has 1 aliphatic rings. The van der Waals surface area contributed by atoms with Gasteiger partial charge in [0.1, 0.15) is 0 Å². The monoisotopic (exact) mass is 242 g/mol. The van der Waals surface area contributed by atoms with E-state index in [0.717, 1.165) is 0 Å². The second-order valence-corrected chi connectivity index (χ2v) is 5.69. The summed E-state index contributed by atoms with van der Waals surface area (Å²) in [6.07, 6.45) is 0. The van der Waals surface area contributed by atoms with E-state index in [1.54, 1.807) is 4.90 Å². The van der Waals surface area contributed by atoms with Crippen LogP contribution in [0.1, 0.15) is 27.7 Å². The van der Waals surface area contributed by atoms with Gasteiger partial charge < -0.3 is 15.0 Å². The van der Waals surface area contributed by atoms with Gasteiger partial charge in [0.15, 0.2) is 0 Å². The number of hydrogen-bond acceptors (Lipinski definition) is 3. The number of urea groups is 1. The Bertz CT molecular complexity index is 309. The first-order chi connectivity index (χ1) is 7.74. The number of esters is 1. The number of hydrogen-bond donors (Lipinski definition) is 1. The lowest BCUT2D eigenvalue weighted by Crippen LogP contribution is -2.48. The van der Waals surface area contributed by atoms with E-state index in [2.05, 4.69) is 5.32 Å². The molecule has 0 radical (unpaired) electrons. The van der Waals surface area contributed by atoms with Gasteiger partial charge in [0.2, 0.25) is 0 Å². The van der Waals surface area contributed by atoms with Crippen LogP contribution < -0.4 is 5.32 Å². The van der Waals surface area contributed by atoms with Crippen molar-refractivity contribution in [3.8, 4) is 0 Å². The third-order valence-electron chi connectivity index (χ3n) is 2.89. The third kappa shape index (κ3) is 3.61. The van der Waals surface area contributed by atoms with Crippen LogP contribution in [-0.4, -0.2) is 42.6 Å². The van der Waals surface area contributed by atoms with Crippen molar-refractivity contribution in [2.75, 3.05) is 20.2 Å². The number of carbonyl (C=O) groups is 2. The summed E-state index contributed by atoms with van der Waals surface area (Å²) in [5, 5.41) is 2.89. The highest BCUT2D eigenvalue weighted by Crippen LogP contribution is 2.24. The van der Waals surface area contributed by atoms with E-state index in [9.17, 15) is 9.59 Å². The van der Waals surface area contributed by atoms with Crippen LogP contribution in [-0.2, 0) is 9.53 Å². The number of rotatable bonds is 1. The maximum atomic E-state index is 11.9. The first-order valence-corrected chi connectivity index (χ1v) is 5.89. The number of ether oxygens (including phenoxy) is 1. The number of likely N-dealkylation sites (tertiary alicyclic amines) is 1. The Balaban J connectivity index is 2.60. The van der Waals surface area contributed by atoms with E-state index in [1.807, 2.05) is 27.7 Å². The summed E-state index contributed by atoms with van der Waals surface area (Å²) in [4.78, 5) is 25.1. The van der Waals surface area contributed by atoms with Gasteiger partial charge in [0, 0.05) is 18.6 Å². The largest absolute Gasteiger partial charge is 0.469 e. The molecule has 0 aliphatic carbocycles. The van der Waals surface area contributed by atoms with E-state index in [0.29, 0.717) is 13.1 Å². The predicted molar refractivity (Wildman–Crippen MR) is 64.5 cm³/mol. The van der Waals surface area contributed by atoms with Gasteiger partial charge in [0.05, 0.1) is 13.0 Å². The summed E-state index contributed by atoms with van der Waals surface area (Å²) < 4.78 is 4.74. The topological polar surface area (TPSA) is 58.6 Å². The normalized spacial score (nSPS) is 24.6. The summed E-state index contributed by atoms with van der Waals surface area (Å²) in [6, 6.07) is -0.115. The average Bonchev–Trinajstić information content (AvgIpc) is 2.57. The van der Waals surface area contributed by atoms with Gasteiger partial charge in [0.25, 0.3) is 0 Å². The molecule has 1 heterocycles. The lowest BCUT2D eigenvalue weighted by Gasteiger charge is -2.25. The molecule has 0 spiro atoms. The van der Waals surface area contributed by atoms with Crippen LogP contribution in [0.15, 0.2) is 0 Å². The van der Waals surface area contributed by atoms with E-state index in [-0.39, 0.29) is 29.4 Å². The van der Waals surface area contributed by atoms with E-state index >= 15 is 0 Å². The minimum atomic E-state index is -0.260. The zero-order valence-corrected chi connectivity index (χ0v) is 11.2.